The van der Waals surface area contributed by atoms with Crippen LogP contribution in [0.2, 0.25) is 0 Å². The van der Waals surface area contributed by atoms with Crippen LogP contribution in [0.15, 0.2) is 72.8 Å². The van der Waals surface area contributed by atoms with Crippen LogP contribution in [0.1, 0.15) is 10.4 Å². The zero-order chi connectivity index (χ0) is 20.3. The van der Waals surface area contributed by atoms with Crippen LogP contribution in [-0.4, -0.2) is 37.3 Å². The minimum atomic E-state index is -0.369. The summed E-state index contributed by atoms with van der Waals surface area (Å²) in [6.07, 6.45) is 0. The predicted molar refractivity (Wildman–Crippen MR) is 119 cm³/mol. The van der Waals surface area contributed by atoms with Crippen molar-refractivity contribution < 1.29 is 14.3 Å². The molecule has 1 aliphatic rings. The van der Waals surface area contributed by atoms with Crippen molar-refractivity contribution in [3.63, 3.8) is 0 Å². The van der Waals surface area contributed by atoms with Gasteiger partial charge in [0, 0.05) is 19.2 Å². The Kier molecular flexibility index (Phi) is 5.17. The van der Waals surface area contributed by atoms with Gasteiger partial charge in [0.2, 0.25) is 0 Å². The monoisotopic (exact) mass is 416 g/mol. The van der Waals surface area contributed by atoms with E-state index in [-0.39, 0.29) is 5.97 Å². The Labute approximate surface area is 178 Å². The van der Waals surface area contributed by atoms with Crippen LogP contribution >= 0.6 is 11.3 Å². The number of anilines is 1. The van der Waals surface area contributed by atoms with E-state index in [4.69, 9.17) is 14.5 Å². The molecule has 0 atom stereocenters. The highest BCUT2D eigenvalue weighted by Crippen LogP contribution is 2.32. The van der Waals surface area contributed by atoms with Crippen LogP contribution in [0.25, 0.3) is 21.3 Å². The zero-order valence-electron chi connectivity index (χ0n) is 16.3. The van der Waals surface area contributed by atoms with Crippen molar-refractivity contribution >= 4 is 32.7 Å². The normalized spacial score (nSPS) is 14.1. The fraction of sp³-hybridized carbons (Fsp3) is 0.167. The van der Waals surface area contributed by atoms with E-state index in [0.29, 0.717) is 11.3 Å². The molecule has 30 heavy (non-hydrogen) atoms. The molecular formula is C24H20N2O3S. The maximum absolute atomic E-state index is 12.6. The van der Waals surface area contributed by atoms with Crippen molar-refractivity contribution in [1.29, 1.82) is 0 Å². The Hall–Kier alpha value is -3.22. The molecule has 0 aliphatic carbocycles. The number of fused-ring (bicyclic) bond motifs is 1. The molecule has 5 rings (SSSR count). The first-order valence-corrected chi connectivity index (χ1v) is 10.7. The summed E-state index contributed by atoms with van der Waals surface area (Å²) in [6, 6.07) is 23.1. The van der Waals surface area contributed by atoms with E-state index in [0.717, 1.165) is 52.8 Å². The first kappa shape index (κ1) is 18.8. The van der Waals surface area contributed by atoms with Crippen molar-refractivity contribution in [2.75, 3.05) is 31.2 Å². The molecule has 4 aromatic rings. The third-order valence-corrected chi connectivity index (χ3v) is 6.15. The van der Waals surface area contributed by atoms with Crippen LogP contribution in [0.5, 0.6) is 5.75 Å². The summed E-state index contributed by atoms with van der Waals surface area (Å²) in [4.78, 5) is 19.5. The summed E-state index contributed by atoms with van der Waals surface area (Å²) >= 11 is 1.61. The van der Waals surface area contributed by atoms with Crippen molar-refractivity contribution in [2.45, 2.75) is 0 Å². The average molecular weight is 417 g/mol. The number of carbonyl (C=O) groups excluding carboxylic acids is 1. The first-order valence-electron chi connectivity index (χ1n) is 9.87. The van der Waals surface area contributed by atoms with Gasteiger partial charge in [-0.05, 0) is 35.4 Å². The minimum absolute atomic E-state index is 0.369. The SMILES string of the molecule is O=C(Oc1ccc2nc(N3CCOCC3)sc2c1)c1ccc(-c2ccccc2)cc1. The Morgan fingerprint density at radius 2 is 1.67 bits per heavy atom. The van der Waals surface area contributed by atoms with Crippen molar-refractivity contribution in [1.82, 2.24) is 4.98 Å². The average Bonchev–Trinajstić information content (AvgIpc) is 3.24. The highest BCUT2D eigenvalue weighted by Gasteiger charge is 2.16. The van der Waals surface area contributed by atoms with Gasteiger partial charge in [-0.1, -0.05) is 53.8 Å². The molecule has 1 saturated heterocycles. The second-order valence-electron chi connectivity index (χ2n) is 7.06. The highest BCUT2D eigenvalue weighted by atomic mass is 32.1. The van der Waals surface area contributed by atoms with Crippen molar-refractivity contribution in [3.8, 4) is 16.9 Å². The van der Waals surface area contributed by atoms with E-state index in [9.17, 15) is 4.79 Å². The molecule has 5 nitrogen and oxygen atoms in total. The number of aromatic nitrogens is 1. The van der Waals surface area contributed by atoms with E-state index in [1.165, 1.54) is 0 Å². The fourth-order valence-electron chi connectivity index (χ4n) is 3.44. The molecule has 1 fully saturated rings. The lowest BCUT2D eigenvalue weighted by molar-refractivity contribution is 0.0735. The number of esters is 1. The standard InChI is InChI=1S/C24H20N2O3S/c27-23(19-8-6-18(7-9-19)17-4-2-1-3-5-17)29-20-10-11-21-22(16-20)30-24(25-21)26-12-14-28-15-13-26/h1-11,16H,12-15H2. The van der Waals surface area contributed by atoms with Crippen LogP contribution in [0.3, 0.4) is 0 Å². The molecule has 0 amide bonds. The summed E-state index contributed by atoms with van der Waals surface area (Å²) < 4.78 is 12.0. The van der Waals surface area contributed by atoms with Gasteiger partial charge in [0.1, 0.15) is 5.75 Å². The number of nitrogens with zero attached hydrogens (tertiary/aromatic N) is 2. The number of benzene rings is 3. The number of rotatable bonds is 4. The lowest BCUT2D eigenvalue weighted by Gasteiger charge is -2.25. The predicted octanol–water partition coefficient (Wildman–Crippen LogP) is 5.02. The van der Waals surface area contributed by atoms with Crippen LogP contribution < -0.4 is 9.64 Å². The van der Waals surface area contributed by atoms with E-state index >= 15 is 0 Å². The van der Waals surface area contributed by atoms with Crippen LogP contribution in [-0.2, 0) is 4.74 Å². The fourth-order valence-corrected chi connectivity index (χ4v) is 4.49. The molecule has 0 radical (unpaired) electrons. The lowest BCUT2D eigenvalue weighted by Crippen LogP contribution is -2.36. The summed E-state index contributed by atoms with van der Waals surface area (Å²) in [5.74, 6) is 0.156. The zero-order valence-corrected chi connectivity index (χ0v) is 17.1. The number of carbonyl (C=O) groups is 1. The van der Waals surface area contributed by atoms with Crippen LogP contribution in [0.4, 0.5) is 5.13 Å². The van der Waals surface area contributed by atoms with E-state index in [1.807, 2.05) is 54.6 Å². The van der Waals surface area contributed by atoms with E-state index < -0.39 is 0 Å². The maximum atomic E-state index is 12.6. The van der Waals surface area contributed by atoms with Crippen LogP contribution in [0, 0.1) is 0 Å². The molecule has 1 aliphatic heterocycles. The van der Waals surface area contributed by atoms with Gasteiger partial charge in [-0.25, -0.2) is 9.78 Å². The summed E-state index contributed by atoms with van der Waals surface area (Å²) in [5, 5.41) is 0.980. The number of morpholine rings is 1. The molecule has 6 heteroatoms. The molecule has 0 unspecified atom stereocenters. The lowest BCUT2D eigenvalue weighted by atomic mass is 10.0. The molecular weight excluding hydrogens is 396 g/mol. The third-order valence-electron chi connectivity index (χ3n) is 5.07. The molecule has 2 heterocycles. The topological polar surface area (TPSA) is 51.7 Å². The summed E-state index contributed by atoms with van der Waals surface area (Å²) in [5.41, 5.74) is 3.61. The highest BCUT2D eigenvalue weighted by molar-refractivity contribution is 7.22. The van der Waals surface area contributed by atoms with Gasteiger partial charge in [0.05, 0.1) is 29.0 Å². The second-order valence-corrected chi connectivity index (χ2v) is 8.07. The second kappa shape index (κ2) is 8.26. The van der Waals surface area contributed by atoms with Crippen molar-refractivity contribution in [2.24, 2.45) is 0 Å². The molecule has 150 valence electrons. The van der Waals surface area contributed by atoms with Crippen molar-refractivity contribution in [3.05, 3.63) is 78.4 Å². The molecule has 0 bridgehead atoms. The maximum Gasteiger partial charge on any atom is 0.343 e. The number of thiazole rings is 1. The third kappa shape index (κ3) is 3.92. The molecule has 0 spiro atoms. The minimum Gasteiger partial charge on any atom is -0.423 e. The first-order chi connectivity index (χ1) is 14.8. The van der Waals surface area contributed by atoms with E-state index in [2.05, 4.69) is 4.90 Å². The Bertz CT molecular complexity index is 1170. The Morgan fingerprint density at radius 3 is 2.43 bits per heavy atom. The van der Waals surface area contributed by atoms with Gasteiger partial charge in [-0.3, -0.25) is 0 Å². The van der Waals surface area contributed by atoms with Gasteiger partial charge in [-0.15, -0.1) is 0 Å². The summed E-state index contributed by atoms with van der Waals surface area (Å²) in [6.45, 7) is 3.14. The van der Waals surface area contributed by atoms with Gasteiger partial charge in [0.25, 0.3) is 0 Å². The van der Waals surface area contributed by atoms with Gasteiger partial charge in [-0.2, -0.15) is 0 Å². The largest absolute Gasteiger partial charge is 0.423 e. The molecule has 0 N–H and O–H groups in total. The number of ether oxygens (including phenoxy) is 2. The summed E-state index contributed by atoms with van der Waals surface area (Å²) in [7, 11) is 0. The quantitative estimate of drug-likeness (QED) is 0.345. The Morgan fingerprint density at radius 1 is 0.933 bits per heavy atom. The molecule has 3 aromatic carbocycles. The number of hydrogen-bond acceptors (Lipinski definition) is 6. The van der Waals surface area contributed by atoms with Gasteiger partial charge < -0.3 is 14.4 Å². The Balaban J connectivity index is 1.31. The smallest absolute Gasteiger partial charge is 0.343 e. The molecule has 0 saturated carbocycles. The molecule has 1 aromatic heterocycles. The van der Waals surface area contributed by atoms with Gasteiger partial charge >= 0.3 is 5.97 Å². The van der Waals surface area contributed by atoms with Gasteiger partial charge in [0.15, 0.2) is 5.13 Å². The van der Waals surface area contributed by atoms with E-state index in [1.54, 1.807) is 29.5 Å². The number of hydrogen-bond donors (Lipinski definition) is 0.